The third-order valence-electron chi connectivity index (χ3n) is 0. The molecule has 0 N–H and O–H groups in total. The van der Waals surface area contributed by atoms with Gasteiger partial charge in [-0.1, -0.05) is 0 Å². The van der Waals surface area contributed by atoms with Crippen molar-refractivity contribution in [2.45, 2.75) is 0 Å². The van der Waals surface area contributed by atoms with Crippen molar-refractivity contribution in [3.05, 3.63) is 0 Å². The molecule has 0 saturated carbocycles. The van der Waals surface area contributed by atoms with Crippen molar-refractivity contribution in [1.29, 1.82) is 0 Å². The summed E-state index contributed by atoms with van der Waals surface area (Å²) in [5, 5.41) is 0. The first-order chi connectivity index (χ1) is 0. The Bertz CT molecular complexity index is 3.25. The van der Waals surface area contributed by atoms with Crippen molar-refractivity contribution < 1.29 is 0 Å². The van der Waals surface area contributed by atoms with E-state index in [0.717, 1.165) is 0 Å². The number of rotatable bonds is 0. The van der Waals surface area contributed by atoms with Gasteiger partial charge in [0.1, 0.15) is 0 Å². The van der Waals surface area contributed by atoms with Gasteiger partial charge in [-0.25, -0.2) is 0 Å². The molecule has 26 valence electrons. The first kappa shape index (κ1) is 24.9. The molecule has 0 saturated heterocycles. The van der Waals surface area contributed by atoms with Crippen LogP contribution in [0.15, 0.2) is 0 Å². The van der Waals surface area contributed by atoms with Crippen molar-refractivity contribution >= 4 is 123 Å². The molecular formula is H4I3K. The van der Waals surface area contributed by atoms with E-state index in [1.807, 2.05) is 0 Å². The average Bonchev–Trinajstić information content (AvgIpc) is 0. The van der Waals surface area contributed by atoms with E-state index in [2.05, 4.69) is 0 Å². The standard InChI is InChI=1S/3HI.K.H/h3*1H;;. The van der Waals surface area contributed by atoms with E-state index in [0.29, 0.717) is 0 Å². The van der Waals surface area contributed by atoms with Crippen LogP contribution in [0.5, 0.6) is 0 Å². The van der Waals surface area contributed by atoms with Gasteiger partial charge in [0.25, 0.3) is 0 Å². The molecule has 0 radical (unpaired) electrons. The average molecular weight is 424 g/mol. The predicted molar refractivity (Wildman–Crippen MR) is 53.4 cm³/mol. The van der Waals surface area contributed by atoms with Crippen molar-refractivity contribution in [1.82, 2.24) is 0 Å². The molecule has 0 atom stereocenters. The Morgan fingerprint density at radius 3 is 0.500 bits per heavy atom. The van der Waals surface area contributed by atoms with Crippen molar-refractivity contribution in [3.63, 3.8) is 0 Å². The summed E-state index contributed by atoms with van der Waals surface area (Å²) in [6.07, 6.45) is 0. The van der Waals surface area contributed by atoms with Crippen LogP contribution in [0.25, 0.3) is 0 Å². The molecular weight excluding hydrogens is 420 g/mol. The van der Waals surface area contributed by atoms with E-state index in [1.54, 1.807) is 0 Å². The van der Waals surface area contributed by atoms with E-state index in [9.17, 15) is 0 Å². The van der Waals surface area contributed by atoms with Crippen LogP contribution >= 0.6 is 71.9 Å². The van der Waals surface area contributed by atoms with E-state index >= 15 is 0 Å². The second-order valence-corrected chi connectivity index (χ2v) is 0. The Morgan fingerprint density at radius 2 is 0.500 bits per heavy atom. The summed E-state index contributed by atoms with van der Waals surface area (Å²) in [5.41, 5.74) is 0. The maximum atomic E-state index is 0. The monoisotopic (exact) mass is 424 g/mol. The van der Waals surface area contributed by atoms with Crippen LogP contribution in [0.4, 0.5) is 0 Å². The van der Waals surface area contributed by atoms with Gasteiger partial charge < -0.3 is 0 Å². The minimum atomic E-state index is 0. The van der Waals surface area contributed by atoms with Crippen LogP contribution in [0.2, 0.25) is 0 Å². The number of halogens is 3. The zero-order chi connectivity index (χ0) is 0. The topological polar surface area (TPSA) is 0 Å². The quantitative estimate of drug-likeness (QED) is 0.406. The fourth-order valence-electron chi connectivity index (χ4n) is 0. The van der Waals surface area contributed by atoms with E-state index in [4.69, 9.17) is 0 Å². The summed E-state index contributed by atoms with van der Waals surface area (Å²) in [6.45, 7) is 0. The molecule has 0 aliphatic rings. The summed E-state index contributed by atoms with van der Waals surface area (Å²) < 4.78 is 0. The van der Waals surface area contributed by atoms with Gasteiger partial charge in [-0.15, -0.1) is 71.9 Å². The molecule has 0 spiro atoms. The van der Waals surface area contributed by atoms with Gasteiger partial charge >= 0.3 is 51.4 Å². The van der Waals surface area contributed by atoms with Gasteiger partial charge in [-0.2, -0.15) is 0 Å². The predicted octanol–water partition coefficient (Wildman–Crippen LogP) is 1.21. The van der Waals surface area contributed by atoms with Crippen molar-refractivity contribution in [2.75, 3.05) is 0 Å². The molecule has 0 nitrogen and oxygen atoms in total. The minimum absolute atomic E-state index is 0. The first-order valence-corrected chi connectivity index (χ1v) is 0. The second kappa shape index (κ2) is 15.8. The summed E-state index contributed by atoms with van der Waals surface area (Å²) in [5.74, 6) is 0. The van der Waals surface area contributed by atoms with E-state index < -0.39 is 0 Å². The van der Waals surface area contributed by atoms with Gasteiger partial charge in [0.2, 0.25) is 0 Å². The third kappa shape index (κ3) is 9.27. The van der Waals surface area contributed by atoms with Gasteiger partial charge in [-0.3, -0.25) is 0 Å². The van der Waals surface area contributed by atoms with Gasteiger partial charge in [0, 0.05) is 0 Å². The second-order valence-electron chi connectivity index (χ2n) is 0. The Hall–Kier alpha value is 3.83. The molecule has 0 aromatic carbocycles. The molecule has 0 bridgehead atoms. The van der Waals surface area contributed by atoms with Crippen LogP contribution in [0.1, 0.15) is 0 Å². The first-order valence-electron chi connectivity index (χ1n) is 0. The number of hydrogen-bond acceptors (Lipinski definition) is 0. The third-order valence-corrected chi connectivity index (χ3v) is 0. The van der Waals surface area contributed by atoms with Crippen LogP contribution in [0, 0.1) is 0 Å². The molecule has 0 unspecified atom stereocenters. The number of hydrogen-bond donors (Lipinski definition) is 0. The molecule has 0 heterocycles. The normalized spacial score (nSPS) is 0. The molecule has 4 heavy (non-hydrogen) atoms. The van der Waals surface area contributed by atoms with Crippen LogP contribution in [-0.2, 0) is 0 Å². The van der Waals surface area contributed by atoms with Crippen molar-refractivity contribution in [3.8, 4) is 0 Å². The molecule has 0 amide bonds. The molecule has 0 aliphatic heterocycles. The Morgan fingerprint density at radius 1 is 0.500 bits per heavy atom. The van der Waals surface area contributed by atoms with Crippen LogP contribution in [0.3, 0.4) is 0 Å². The zero-order valence-corrected chi connectivity index (χ0v) is 8.22. The summed E-state index contributed by atoms with van der Waals surface area (Å²) >= 11 is 0. The fraction of sp³-hybridized carbons (Fsp3) is 0. The Balaban J connectivity index is 0. The zero-order valence-electron chi connectivity index (χ0n) is 1.22. The molecule has 0 aromatic heterocycles. The maximum absolute atomic E-state index is 0. The van der Waals surface area contributed by atoms with E-state index in [1.165, 1.54) is 0 Å². The molecule has 4 heteroatoms. The summed E-state index contributed by atoms with van der Waals surface area (Å²) in [4.78, 5) is 0. The van der Waals surface area contributed by atoms with Gasteiger partial charge in [0.05, 0.1) is 0 Å². The van der Waals surface area contributed by atoms with E-state index in [-0.39, 0.29) is 123 Å². The van der Waals surface area contributed by atoms with Crippen LogP contribution < -0.4 is 0 Å². The molecule has 0 aliphatic carbocycles. The van der Waals surface area contributed by atoms with Gasteiger partial charge in [0.15, 0.2) is 0 Å². The fourth-order valence-corrected chi connectivity index (χ4v) is 0. The molecule has 0 aromatic rings. The Labute approximate surface area is 120 Å². The molecule has 0 fully saturated rings. The van der Waals surface area contributed by atoms with Crippen molar-refractivity contribution in [2.24, 2.45) is 0 Å². The molecule has 0 rings (SSSR count). The SMILES string of the molecule is I.I.I.[KH]. The Kier molecular flexibility index (Phi) is 98.6. The van der Waals surface area contributed by atoms with Gasteiger partial charge in [-0.05, 0) is 0 Å². The summed E-state index contributed by atoms with van der Waals surface area (Å²) in [7, 11) is 0. The summed E-state index contributed by atoms with van der Waals surface area (Å²) in [6, 6.07) is 0. The van der Waals surface area contributed by atoms with Crippen LogP contribution in [-0.4, -0.2) is 51.4 Å².